The number of ketones is 1. The van der Waals surface area contributed by atoms with Gasteiger partial charge in [-0.25, -0.2) is 4.98 Å². The number of aromatic nitrogens is 2. The lowest BCUT2D eigenvalue weighted by Gasteiger charge is -2.04. The average Bonchev–Trinajstić information content (AvgIpc) is 2.94. The molecule has 6 heteroatoms. The van der Waals surface area contributed by atoms with Gasteiger partial charge >= 0.3 is 5.97 Å². The van der Waals surface area contributed by atoms with E-state index < -0.39 is 5.97 Å². The molecule has 0 aliphatic rings. The van der Waals surface area contributed by atoms with E-state index in [0.717, 1.165) is 5.69 Å². The van der Waals surface area contributed by atoms with E-state index in [4.69, 9.17) is 10.2 Å². The van der Waals surface area contributed by atoms with Crippen LogP contribution in [0.5, 0.6) is 0 Å². The Morgan fingerprint density at radius 3 is 2.40 bits per heavy atom. The minimum atomic E-state index is -0.982. The monoisotopic (exact) mass is 274 g/mol. The number of aliphatic hydroxyl groups is 1. The summed E-state index contributed by atoms with van der Waals surface area (Å²) in [5.41, 5.74) is 1.86. The summed E-state index contributed by atoms with van der Waals surface area (Å²) in [5.74, 6) is -1.18. The molecule has 2 rings (SSSR count). The molecule has 2 N–H and O–H groups in total. The second-order valence-corrected chi connectivity index (χ2v) is 4.29. The number of imidazole rings is 1. The first-order valence-electron chi connectivity index (χ1n) is 6.09. The standard InChI is InChI=1S/C14H14N2O4/c17-8-11-7-16(9-15-11)12-3-1-10(2-4-12)13(18)5-6-14(19)20/h1-4,7,9,17H,5-6,8H2,(H,19,20). The molecule has 2 aromatic rings. The van der Waals surface area contributed by atoms with Crippen LogP contribution in [0.3, 0.4) is 0 Å². The first-order chi connectivity index (χ1) is 9.60. The molecule has 0 fully saturated rings. The van der Waals surface area contributed by atoms with E-state index in [0.29, 0.717) is 11.3 Å². The third-order valence-corrected chi connectivity index (χ3v) is 2.85. The van der Waals surface area contributed by atoms with Crippen molar-refractivity contribution in [2.24, 2.45) is 0 Å². The number of Topliss-reactive ketones (excluding diaryl/α,β-unsaturated/α-hetero) is 1. The van der Waals surface area contributed by atoms with Gasteiger partial charge < -0.3 is 14.8 Å². The lowest BCUT2D eigenvalue weighted by molar-refractivity contribution is -0.136. The number of aliphatic carboxylic acids is 1. The van der Waals surface area contributed by atoms with E-state index in [1.165, 1.54) is 0 Å². The summed E-state index contributed by atoms with van der Waals surface area (Å²) < 4.78 is 1.73. The van der Waals surface area contributed by atoms with Crippen LogP contribution in [0.2, 0.25) is 0 Å². The predicted molar refractivity (Wildman–Crippen MR) is 70.7 cm³/mol. The fourth-order valence-electron chi connectivity index (χ4n) is 1.77. The van der Waals surface area contributed by atoms with E-state index in [1.54, 1.807) is 41.4 Å². The summed E-state index contributed by atoms with van der Waals surface area (Å²) in [4.78, 5) is 26.2. The summed E-state index contributed by atoms with van der Waals surface area (Å²) >= 11 is 0. The summed E-state index contributed by atoms with van der Waals surface area (Å²) in [6, 6.07) is 6.80. The van der Waals surface area contributed by atoms with Gasteiger partial charge in [-0.2, -0.15) is 0 Å². The number of hydrogen-bond donors (Lipinski definition) is 2. The van der Waals surface area contributed by atoms with Gasteiger partial charge in [0.25, 0.3) is 0 Å². The second kappa shape index (κ2) is 6.12. The van der Waals surface area contributed by atoms with Gasteiger partial charge in [0, 0.05) is 23.9 Å². The van der Waals surface area contributed by atoms with Crippen LogP contribution in [0.1, 0.15) is 28.9 Å². The molecular weight excluding hydrogens is 260 g/mol. The fraction of sp³-hybridized carbons (Fsp3) is 0.214. The Labute approximate surface area is 115 Å². The van der Waals surface area contributed by atoms with Gasteiger partial charge in [0.1, 0.15) is 0 Å². The third kappa shape index (κ3) is 3.30. The zero-order valence-electron chi connectivity index (χ0n) is 10.7. The highest BCUT2D eigenvalue weighted by molar-refractivity contribution is 5.97. The van der Waals surface area contributed by atoms with Crippen LogP contribution < -0.4 is 0 Å². The Morgan fingerprint density at radius 2 is 1.85 bits per heavy atom. The molecule has 20 heavy (non-hydrogen) atoms. The zero-order chi connectivity index (χ0) is 14.5. The number of carboxylic acid groups (broad SMARTS) is 1. The molecule has 0 aliphatic carbocycles. The van der Waals surface area contributed by atoms with Gasteiger partial charge in [-0.15, -0.1) is 0 Å². The molecule has 1 aromatic carbocycles. The Hall–Kier alpha value is -2.47. The number of carbonyl (C=O) groups excluding carboxylic acids is 1. The van der Waals surface area contributed by atoms with Crippen molar-refractivity contribution in [2.75, 3.05) is 0 Å². The molecule has 0 unspecified atom stereocenters. The molecule has 0 amide bonds. The summed E-state index contributed by atoms with van der Waals surface area (Å²) in [6.07, 6.45) is 3.10. The number of carboxylic acids is 1. The number of rotatable bonds is 6. The Balaban J connectivity index is 2.09. The maximum absolute atomic E-state index is 11.7. The molecule has 6 nitrogen and oxygen atoms in total. The zero-order valence-corrected chi connectivity index (χ0v) is 10.7. The molecule has 0 saturated carbocycles. The maximum Gasteiger partial charge on any atom is 0.303 e. The minimum absolute atomic E-state index is 0.00554. The van der Waals surface area contributed by atoms with Gasteiger partial charge in [-0.05, 0) is 24.3 Å². The van der Waals surface area contributed by atoms with Crippen molar-refractivity contribution in [3.05, 3.63) is 48.0 Å². The normalized spacial score (nSPS) is 10.4. The van der Waals surface area contributed by atoms with E-state index in [1.807, 2.05) is 0 Å². The Kier molecular flexibility index (Phi) is 4.27. The largest absolute Gasteiger partial charge is 0.481 e. The van der Waals surface area contributed by atoms with Crippen LogP contribution in [-0.4, -0.2) is 31.5 Å². The Morgan fingerprint density at radius 1 is 1.15 bits per heavy atom. The first-order valence-corrected chi connectivity index (χ1v) is 6.09. The van der Waals surface area contributed by atoms with E-state index in [9.17, 15) is 9.59 Å². The molecule has 104 valence electrons. The second-order valence-electron chi connectivity index (χ2n) is 4.29. The minimum Gasteiger partial charge on any atom is -0.481 e. The van der Waals surface area contributed by atoms with Gasteiger partial charge in [-0.3, -0.25) is 9.59 Å². The highest BCUT2D eigenvalue weighted by atomic mass is 16.4. The van der Waals surface area contributed by atoms with Gasteiger partial charge in [0.05, 0.1) is 25.0 Å². The molecule has 0 aliphatic heterocycles. The number of carbonyl (C=O) groups is 2. The van der Waals surface area contributed by atoms with Crippen molar-refractivity contribution >= 4 is 11.8 Å². The van der Waals surface area contributed by atoms with Crippen molar-refractivity contribution < 1.29 is 19.8 Å². The number of aliphatic hydroxyl groups excluding tert-OH is 1. The fourth-order valence-corrected chi connectivity index (χ4v) is 1.77. The highest BCUT2D eigenvalue weighted by Crippen LogP contribution is 2.12. The van der Waals surface area contributed by atoms with E-state index >= 15 is 0 Å². The van der Waals surface area contributed by atoms with Crippen molar-refractivity contribution in [3.8, 4) is 5.69 Å². The van der Waals surface area contributed by atoms with Crippen LogP contribution in [0, 0.1) is 0 Å². The quantitative estimate of drug-likeness (QED) is 0.777. The molecular formula is C14H14N2O4. The number of nitrogens with zero attached hydrogens (tertiary/aromatic N) is 2. The van der Waals surface area contributed by atoms with Crippen molar-refractivity contribution in [1.29, 1.82) is 0 Å². The smallest absolute Gasteiger partial charge is 0.303 e. The number of hydrogen-bond acceptors (Lipinski definition) is 4. The van der Waals surface area contributed by atoms with Crippen LogP contribution >= 0.6 is 0 Å². The third-order valence-electron chi connectivity index (χ3n) is 2.85. The topological polar surface area (TPSA) is 92.4 Å². The molecule has 1 aromatic heterocycles. The summed E-state index contributed by atoms with van der Waals surface area (Å²) in [6.45, 7) is -0.126. The molecule has 0 radical (unpaired) electrons. The number of benzene rings is 1. The molecule has 1 heterocycles. The van der Waals surface area contributed by atoms with Crippen LogP contribution in [0.4, 0.5) is 0 Å². The van der Waals surface area contributed by atoms with Gasteiger partial charge in [-0.1, -0.05) is 0 Å². The van der Waals surface area contributed by atoms with Crippen LogP contribution in [0.15, 0.2) is 36.8 Å². The van der Waals surface area contributed by atoms with Crippen LogP contribution in [0.25, 0.3) is 5.69 Å². The maximum atomic E-state index is 11.7. The molecule has 0 atom stereocenters. The lowest BCUT2D eigenvalue weighted by Crippen LogP contribution is -2.04. The SMILES string of the molecule is O=C(O)CCC(=O)c1ccc(-n2cnc(CO)c2)cc1. The van der Waals surface area contributed by atoms with E-state index in [-0.39, 0.29) is 25.2 Å². The van der Waals surface area contributed by atoms with Crippen molar-refractivity contribution in [1.82, 2.24) is 9.55 Å². The molecule has 0 bridgehead atoms. The lowest BCUT2D eigenvalue weighted by atomic mass is 10.1. The first kappa shape index (κ1) is 14.0. The molecule has 0 saturated heterocycles. The van der Waals surface area contributed by atoms with Gasteiger partial charge in [0.15, 0.2) is 5.78 Å². The van der Waals surface area contributed by atoms with Crippen molar-refractivity contribution in [3.63, 3.8) is 0 Å². The highest BCUT2D eigenvalue weighted by Gasteiger charge is 2.08. The Bertz CT molecular complexity index is 616. The predicted octanol–water partition coefficient (Wildman–Crippen LogP) is 1.41. The summed E-state index contributed by atoms with van der Waals surface area (Å²) in [7, 11) is 0. The van der Waals surface area contributed by atoms with Crippen LogP contribution in [-0.2, 0) is 11.4 Å². The summed E-state index contributed by atoms with van der Waals surface area (Å²) in [5, 5.41) is 17.5. The van der Waals surface area contributed by atoms with E-state index in [2.05, 4.69) is 4.98 Å². The van der Waals surface area contributed by atoms with Crippen molar-refractivity contribution in [2.45, 2.75) is 19.4 Å². The molecule has 0 spiro atoms. The van der Waals surface area contributed by atoms with Gasteiger partial charge in [0.2, 0.25) is 0 Å². The average molecular weight is 274 g/mol.